The molecule has 0 saturated heterocycles. The second-order valence-corrected chi connectivity index (χ2v) is 4.83. The van der Waals surface area contributed by atoms with Gasteiger partial charge in [0.25, 0.3) is 0 Å². The van der Waals surface area contributed by atoms with Crippen LogP contribution in [0, 0.1) is 5.41 Å². The fourth-order valence-corrected chi connectivity index (χ4v) is 1.82. The molecule has 0 aromatic carbocycles. The summed E-state index contributed by atoms with van der Waals surface area (Å²) in [5, 5.41) is 3.42. The van der Waals surface area contributed by atoms with Crippen molar-refractivity contribution in [3.05, 3.63) is 24.5 Å². The minimum Gasteiger partial charge on any atom is -0.385 e. The number of hydrogen-bond donors (Lipinski definition) is 1. The van der Waals surface area contributed by atoms with E-state index in [-0.39, 0.29) is 0 Å². The Labute approximate surface area is 93.1 Å². The normalized spacial score (nSPS) is 11.4. The van der Waals surface area contributed by atoms with Crippen LogP contribution in [-0.4, -0.2) is 11.5 Å². The molecule has 0 saturated carbocycles. The molecule has 2 nitrogen and oxygen atoms in total. The van der Waals surface area contributed by atoms with Gasteiger partial charge in [-0.3, -0.25) is 4.98 Å². The fraction of sp³-hybridized carbons (Fsp3) is 0.615. The molecular weight excluding hydrogens is 184 g/mol. The van der Waals surface area contributed by atoms with Crippen molar-refractivity contribution in [2.75, 3.05) is 11.9 Å². The van der Waals surface area contributed by atoms with Crippen LogP contribution in [0.5, 0.6) is 0 Å². The SMILES string of the molecule is CCCC(C)(C)CCNc1ccncc1. The average molecular weight is 206 g/mol. The zero-order chi connectivity index (χ0) is 11.1. The number of nitrogens with one attached hydrogen (secondary N) is 1. The lowest BCUT2D eigenvalue weighted by atomic mass is 9.85. The molecule has 0 spiro atoms. The zero-order valence-electron chi connectivity index (χ0n) is 10.1. The van der Waals surface area contributed by atoms with E-state index in [1.807, 2.05) is 24.5 Å². The van der Waals surface area contributed by atoms with Crippen LogP contribution in [0.2, 0.25) is 0 Å². The minimum atomic E-state index is 0.453. The molecule has 84 valence electrons. The fourth-order valence-electron chi connectivity index (χ4n) is 1.82. The van der Waals surface area contributed by atoms with Crippen molar-refractivity contribution in [1.82, 2.24) is 4.98 Å². The number of rotatable bonds is 6. The quantitative estimate of drug-likeness (QED) is 0.767. The molecular formula is C13H22N2. The molecule has 0 bridgehead atoms. The van der Waals surface area contributed by atoms with E-state index >= 15 is 0 Å². The van der Waals surface area contributed by atoms with E-state index in [4.69, 9.17) is 0 Å². The van der Waals surface area contributed by atoms with E-state index in [9.17, 15) is 0 Å². The van der Waals surface area contributed by atoms with Gasteiger partial charge in [-0.15, -0.1) is 0 Å². The number of pyridine rings is 1. The Bertz CT molecular complexity index is 267. The van der Waals surface area contributed by atoms with Crippen molar-refractivity contribution in [2.45, 2.75) is 40.0 Å². The maximum absolute atomic E-state index is 3.99. The van der Waals surface area contributed by atoms with E-state index < -0.39 is 0 Å². The van der Waals surface area contributed by atoms with Crippen LogP contribution in [0.1, 0.15) is 40.0 Å². The number of nitrogens with zero attached hydrogens (tertiary/aromatic N) is 1. The predicted molar refractivity (Wildman–Crippen MR) is 66.0 cm³/mol. The summed E-state index contributed by atoms with van der Waals surface area (Å²) in [5.74, 6) is 0. The minimum absolute atomic E-state index is 0.453. The molecule has 0 atom stereocenters. The Hall–Kier alpha value is -1.05. The predicted octanol–water partition coefficient (Wildman–Crippen LogP) is 3.71. The van der Waals surface area contributed by atoms with E-state index in [2.05, 4.69) is 31.1 Å². The third-order valence-electron chi connectivity index (χ3n) is 2.74. The molecule has 0 aliphatic carbocycles. The highest BCUT2D eigenvalue weighted by Gasteiger charge is 2.15. The van der Waals surface area contributed by atoms with Gasteiger partial charge in [-0.25, -0.2) is 0 Å². The second-order valence-electron chi connectivity index (χ2n) is 4.83. The van der Waals surface area contributed by atoms with Crippen LogP contribution in [0.4, 0.5) is 5.69 Å². The summed E-state index contributed by atoms with van der Waals surface area (Å²) >= 11 is 0. The molecule has 2 heteroatoms. The molecule has 15 heavy (non-hydrogen) atoms. The lowest BCUT2D eigenvalue weighted by Gasteiger charge is -2.24. The van der Waals surface area contributed by atoms with E-state index in [1.165, 1.54) is 19.3 Å². The highest BCUT2D eigenvalue weighted by atomic mass is 14.9. The maximum atomic E-state index is 3.99. The van der Waals surface area contributed by atoms with Crippen molar-refractivity contribution in [1.29, 1.82) is 0 Å². The van der Waals surface area contributed by atoms with Gasteiger partial charge in [-0.05, 0) is 30.4 Å². The first-order valence-corrected chi connectivity index (χ1v) is 5.78. The van der Waals surface area contributed by atoms with Crippen molar-refractivity contribution >= 4 is 5.69 Å². The Morgan fingerprint density at radius 1 is 1.20 bits per heavy atom. The van der Waals surface area contributed by atoms with Crippen LogP contribution in [0.15, 0.2) is 24.5 Å². The maximum Gasteiger partial charge on any atom is 0.0371 e. The van der Waals surface area contributed by atoms with Crippen LogP contribution < -0.4 is 5.32 Å². The molecule has 1 heterocycles. The zero-order valence-corrected chi connectivity index (χ0v) is 10.1. The Balaban J connectivity index is 2.27. The molecule has 0 aliphatic rings. The van der Waals surface area contributed by atoms with Gasteiger partial charge in [0.1, 0.15) is 0 Å². The van der Waals surface area contributed by atoms with Gasteiger partial charge in [-0.1, -0.05) is 27.2 Å². The first-order valence-electron chi connectivity index (χ1n) is 5.78. The largest absolute Gasteiger partial charge is 0.385 e. The van der Waals surface area contributed by atoms with Gasteiger partial charge < -0.3 is 5.32 Å². The standard InChI is InChI=1S/C13H22N2/c1-4-7-13(2,3)8-11-15-12-5-9-14-10-6-12/h5-6,9-10H,4,7-8,11H2,1-3H3,(H,14,15). The summed E-state index contributed by atoms with van der Waals surface area (Å²) in [7, 11) is 0. The molecule has 1 N–H and O–H groups in total. The van der Waals surface area contributed by atoms with Crippen molar-refractivity contribution < 1.29 is 0 Å². The second kappa shape index (κ2) is 5.74. The topological polar surface area (TPSA) is 24.9 Å². The summed E-state index contributed by atoms with van der Waals surface area (Å²) < 4.78 is 0. The van der Waals surface area contributed by atoms with Crippen LogP contribution in [-0.2, 0) is 0 Å². The number of hydrogen-bond acceptors (Lipinski definition) is 2. The Morgan fingerprint density at radius 2 is 1.87 bits per heavy atom. The number of anilines is 1. The Morgan fingerprint density at radius 3 is 2.47 bits per heavy atom. The van der Waals surface area contributed by atoms with Gasteiger partial charge in [0.05, 0.1) is 0 Å². The molecule has 1 rings (SSSR count). The summed E-state index contributed by atoms with van der Waals surface area (Å²) in [6, 6.07) is 4.01. The van der Waals surface area contributed by atoms with Crippen LogP contribution in [0.25, 0.3) is 0 Å². The van der Waals surface area contributed by atoms with E-state index in [0.717, 1.165) is 12.2 Å². The van der Waals surface area contributed by atoms with Crippen LogP contribution >= 0.6 is 0 Å². The average Bonchev–Trinajstić information content (AvgIpc) is 2.19. The van der Waals surface area contributed by atoms with Crippen molar-refractivity contribution in [3.8, 4) is 0 Å². The lowest BCUT2D eigenvalue weighted by molar-refractivity contribution is 0.313. The molecule has 0 fully saturated rings. The third-order valence-corrected chi connectivity index (χ3v) is 2.74. The molecule has 0 radical (unpaired) electrons. The van der Waals surface area contributed by atoms with Crippen LogP contribution in [0.3, 0.4) is 0 Å². The number of aromatic nitrogens is 1. The summed E-state index contributed by atoms with van der Waals surface area (Å²) in [4.78, 5) is 3.99. The van der Waals surface area contributed by atoms with Gasteiger partial charge in [0.15, 0.2) is 0 Å². The van der Waals surface area contributed by atoms with E-state index in [1.54, 1.807) is 0 Å². The monoisotopic (exact) mass is 206 g/mol. The highest BCUT2D eigenvalue weighted by molar-refractivity contribution is 5.40. The lowest BCUT2D eigenvalue weighted by Crippen LogP contribution is -2.16. The summed E-state index contributed by atoms with van der Waals surface area (Å²) in [5.41, 5.74) is 1.62. The van der Waals surface area contributed by atoms with E-state index in [0.29, 0.717) is 5.41 Å². The molecule has 1 aromatic rings. The highest BCUT2D eigenvalue weighted by Crippen LogP contribution is 2.26. The molecule has 0 unspecified atom stereocenters. The smallest absolute Gasteiger partial charge is 0.0371 e. The van der Waals surface area contributed by atoms with Gasteiger partial charge in [0, 0.05) is 24.6 Å². The van der Waals surface area contributed by atoms with Crippen molar-refractivity contribution in [3.63, 3.8) is 0 Å². The Kier molecular flexibility index (Phi) is 4.60. The first-order chi connectivity index (χ1) is 7.14. The first kappa shape index (κ1) is 12.0. The third kappa shape index (κ3) is 4.82. The van der Waals surface area contributed by atoms with Crippen molar-refractivity contribution in [2.24, 2.45) is 5.41 Å². The summed E-state index contributed by atoms with van der Waals surface area (Å²) in [6.07, 6.45) is 7.41. The van der Waals surface area contributed by atoms with Gasteiger partial charge in [-0.2, -0.15) is 0 Å². The molecule has 1 aromatic heterocycles. The van der Waals surface area contributed by atoms with Gasteiger partial charge in [0.2, 0.25) is 0 Å². The summed E-state index contributed by atoms with van der Waals surface area (Å²) in [6.45, 7) is 7.96. The molecule has 0 aliphatic heterocycles. The van der Waals surface area contributed by atoms with Gasteiger partial charge >= 0.3 is 0 Å². The molecule has 0 amide bonds.